The Balaban J connectivity index is 1.59. The molecular formula is C19H16BrNO2. The van der Waals surface area contributed by atoms with Crippen molar-refractivity contribution in [2.45, 2.75) is 25.4 Å². The third kappa shape index (κ3) is 2.68. The lowest BCUT2D eigenvalue weighted by molar-refractivity contribution is 0.0271. The average molecular weight is 370 g/mol. The fraction of sp³-hybridized carbons (Fsp3) is 0.211. The van der Waals surface area contributed by atoms with Crippen molar-refractivity contribution < 1.29 is 9.53 Å². The van der Waals surface area contributed by atoms with E-state index in [1.165, 1.54) is 16.6 Å². The molecule has 0 saturated carbocycles. The van der Waals surface area contributed by atoms with E-state index >= 15 is 0 Å². The summed E-state index contributed by atoms with van der Waals surface area (Å²) < 4.78 is 6.81. The smallest absolute Gasteiger partial charge is 0.338 e. The van der Waals surface area contributed by atoms with Gasteiger partial charge in [0.05, 0.1) is 5.56 Å². The van der Waals surface area contributed by atoms with Crippen molar-refractivity contribution in [1.82, 2.24) is 4.98 Å². The van der Waals surface area contributed by atoms with E-state index in [0.717, 1.165) is 29.3 Å². The van der Waals surface area contributed by atoms with Crippen LogP contribution in [-0.2, 0) is 17.6 Å². The van der Waals surface area contributed by atoms with Crippen LogP contribution in [0.25, 0.3) is 10.9 Å². The first-order valence-electron chi connectivity index (χ1n) is 7.76. The van der Waals surface area contributed by atoms with Gasteiger partial charge in [-0.2, -0.15) is 0 Å². The molecule has 2 aromatic carbocycles. The number of esters is 1. The van der Waals surface area contributed by atoms with E-state index in [-0.39, 0.29) is 12.1 Å². The van der Waals surface area contributed by atoms with Gasteiger partial charge < -0.3 is 9.72 Å². The highest BCUT2D eigenvalue weighted by Crippen LogP contribution is 2.34. The summed E-state index contributed by atoms with van der Waals surface area (Å²) in [5.74, 6) is -0.238. The SMILES string of the molecule is O=C(OC1CCc2[nH]c3cccc(Br)c3c2C1)c1ccccc1. The molecule has 0 spiro atoms. The van der Waals surface area contributed by atoms with Crippen LogP contribution >= 0.6 is 15.9 Å². The van der Waals surface area contributed by atoms with Gasteiger partial charge in [0.15, 0.2) is 0 Å². The summed E-state index contributed by atoms with van der Waals surface area (Å²) >= 11 is 3.63. The van der Waals surface area contributed by atoms with Crippen LogP contribution in [0.15, 0.2) is 53.0 Å². The minimum absolute atomic E-state index is 0.0682. The Morgan fingerprint density at radius 2 is 1.96 bits per heavy atom. The summed E-state index contributed by atoms with van der Waals surface area (Å²) in [4.78, 5) is 15.7. The van der Waals surface area contributed by atoms with Gasteiger partial charge in [0.25, 0.3) is 0 Å². The summed E-state index contributed by atoms with van der Waals surface area (Å²) in [6.45, 7) is 0. The van der Waals surface area contributed by atoms with E-state index in [0.29, 0.717) is 5.56 Å². The summed E-state index contributed by atoms with van der Waals surface area (Å²) in [7, 11) is 0. The first kappa shape index (κ1) is 14.5. The predicted octanol–water partition coefficient (Wildman–Crippen LogP) is 4.64. The van der Waals surface area contributed by atoms with Crippen molar-refractivity contribution in [1.29, 1.82) is 0 Å². The molecule has 1 unspecified atom stereocenters. The quantitative estimate of drug-likeness (QED) is 0.668. The van der Waals surface area contributed by atoms with Gasteiger partial charge >= 0.3 is 5.97 Å². The second kappa shape index (κ2) is 5.85. The number of hydrogen-bond acceptors (Lipinski definition) is 2. The monoisotopic (exact) mass is 369 g/mol. The van der Waals surface area contributed by atoms with Crippen LogP contribution in [0.2, 0.25) is 0 Å². The van der Waals surface area contributed by atoms with Crippen molar-refractivity contribution in [3.8, 4) is 0 Å². The zero-order valence-electron chi connectivity index (χ0n) is 12.5. The largest absolute Gasteiger partial charge is 0.458 e. The van der Waals surface area contributed by atoms with Crippen LogP contribution in [0.1, 0.15) is 28.0 Å². The molecule has 0 amide bonds. The zero-order chi connectivity index (χ0) is 15.8. The summed E-state index contributed by atoms with van der Waals surface area (Å²) in [6, 6.07) is 15.4. The molecule has 1 heterocycles. The van der Waals surface area contributed by atoms with Crippen molar-refractivity contribution in [2.24, 2.45) is 0 Å². The van der Waals surface area contributed by atoms with E-state index in [2.05, 4.69) is 33.0 Å². The van der Waals surface area contributed by atoms with Crippen molar-refractivity contribution >= 4 is 32.8 Å². The number of aryl methyl sites for hydroxylation is 1. The molecule has 4 heteroatoms. The number of carbonyl (C=O) groups excluding carboxylic acids is 1. The Bertz CT molecular complexity index is 870. The zero-order valence-corrected chi connectivity index (χ0v) is 14.1. The standard InChI is InChI=1S/C19H16BrNO2/c20-15-7-4-8-17-18(15)14-11-13(9-10-16(14)21-17)23-19(22)12-5-2-1-3-6-12/h1-8,13,21H,9-11H2. The highest BCUT2D eigenvalue weighted by atomic mass is 79.9. The van der Waals surface area contributed by atoms with Crippen LogP contribution in [-0.4, -0.2) is 17.1 Å². The number of ether oxygens (including phenoxy) is 1. The lowest BCUT2D eigenvalue weighted by Crippen LogP contribution is -2.25. The molecule has 0 radical (unpaired) electrons. The Kier molecular flexibility index (Phi) is 3.69. The topological polar surface area (TPSA) is 42.1 Å². The Hall–Kier alpha value is -2.07. The normalized spacial score (nSPS) is 17.0. The molecule has 0 aliphatic heterocycles. The minimum atomic E-state index is -0.238. The molecule has 0 bridgehead atoms. The van der Waals surface area contributed by atoms with E-state index in [1.54, 1.807) is 12.1 Å². The number of aromatic nitrogens is 1. The third-order valence-corrected chi connectivity index (χ3v) is 5.06. The molecule has 3 nitrogen and oxygen atoms in total. The predicted molar refractivity (Wildman–Crippen MR) is 93.7 cm³/mol. The number of benzene rings is 2. The molecule has 0 saturated heterocycles. The van der Waals surface area contributed by atoms with Gasteiger partial charge in [-0.3, -0.25) is 0 Å². The fourth-order valence-corrected chi connectivity index (χ4v) is 3.90. The highest BCUT2D eigenvalue weighted by molar-refractivity contribution is 9.10. The first-order chi connectivity index (χ1) is 11.2. The molecule has 1 aromatic heterocycles. The van der Waals surface area contributed by atoms with E-state index in [4.69, 9.17) is 4.74 Å². The number of nitrogens with one attached hydrogen (secondary N) is 1. The second-order valence-electron chi connectivity index (χ2n) is 5.88. The molecular weight excluding hydrogens is 354 g/mol. The lowest BCUT2D eigenvalue weighted by atomic mass is 9.93. The van der Waals surface area contributed by atoms with Crippen molar-refractivity contribution in [3.63, 3.8) is 0 Å². The fourth-order valence-electron chi connectivity index (χ4n) is 3.29. The molecule has 4 rings (SSSR count). The second-order valence-corrected chi connectivity index (χ2v) is 6.73. The summed E-state index contributed by atoms with van der Waals surface area (Å²) in [5.41, 5.74) is 4.28. The molecule has 23 heavy (non-hydrogen) atoms. The molecule has 0 fully saturated rings. The molecule has 3 aromatic rings. The number of halogens is 1. The number of carbonyl (C=O) groups is 1. The van der Waals surface area contributed by atoms with Gasteiger partial charge in [-0.25, -0.2) is 4.79 Å². The van der Waals surface area contributed by atoms with Crippen LogP contribution in [0.4, 0.5) is 0 Å². The maximum Gasteiger partial charge on any atom is 0.338 e. The molecule has 1 atom stereocenters. The van der Waals surface area contributed by atoms with Gasteiger partial charge in [-0.15, -0.1) is 0 Å². The van der Waals surface area contributed by atoms with E-state index in [1.807, 2.05) is 24.3 Å². The minimum Gasteiger partial charge on any atom is -0.458 e. The van der Waals surface area contributed by atoms with Crippen LogP contribution in [0.3, 0.4) is 0 Å². The number of hydrogen-bond donors (Lipinski definition) is 1. The summed E-state index contributed by atoms with van der Waals surface area (Å²) in [5, 5.41) is 1.21. The number of H-pyrrole nitrogens is 1. The number of rotatable bonds is 2. The maximum absolute atomic E-state index is 12.3. The number of fused-ring (bicyclic) bond motifs is 3. The van der Waals surface area contributed by atoms with Gasteiger partial charge in [0.1, 0.15) is 6.10 Å². The van der Waals surface area contributed by atoms with Crippen LogP contribution in [0.5, 0.6) is 0 Å². The molecule has 1 aliphatic carbocycles. The van der Waals surface area contributed by atoms with Gasteiger partial charge in [0, 0.05) is 27.5 Å². The first-order valence-corrected chi connectivity index (χ1v) is 8.55. The molecule has 116 valence electrons. The Morgan fingerprint density at radius 3 is 2.78 bits per heavy atom. The molecule has 1 N–H and O–H groups in total. The van der Waals surface area contributed by atoms with E-state index < -0.39 is 0 Å². The average Bonchev–Trinajstić information content (AvgIpc) is 2.95. The highest BCUT2D eigenvalue weighted by Gasteiger charge is 2.26. The lowest BCUT2D eigenvalue weighted by Gasteiger charge is -2.23. The maximum atomic E-state index is 12.3. The van der Waals surface area contributed by atoms with E-state index in [9.17, 15) is 4.79 Å². The van der Waals surface area contributed by atoms with Crippen molar-refractivity contribution in [2.75, 3.05) is 0 Å². The van der Waals surface area contributed by atoms with Crippen LogP contribution in [0, 0.1) is 0 Å². The van der Waals surface area contributed by atoms with Gasteiger partial charge in [0.2, 0.25) is 0 Å². The van der Waals surface area contributed by atoms with Crippen molar-refractivity contribution in [3.05, 3.63) is 69.8 Å². The summed E-state index contributed by atoms with van der Waals surface area (Å²) in [6.07, 6.45) is 2.46. The third-order valence-electron chi connectivity index (χ3n) is 4.40. The molecule has 1 aliphatic rings. The van der Waals surface area contributed by atoms with Gasteiger partial charge in [-0.05, 0) is 42.7 Å². The van der Waals surface area contributed by atoms with Gasteiger partial charge in [-0.1, -0.05) is 40.2 Å². The number of aromatic amines is 1. The van der Waals surface area contributed by atoms with Crippen LogP contribution < -0.4 is 0 Å². The Morgan fingerprint density at radius 1 is 1.13 bits per heavy atom. The Labute approximate surface area is 142 Å².